The summed E-state index contributed by atoms with van der Waals surface area (Å²) >= 11 is 0. The lowest BCUT2D eigenvalue weighted by Gasteiger charge is -2.25. The van der Waals surface area contributed by atoms with Gasteiger partial charge < -0.3 is 5.11 Å². The molecule has 2 aromatic carbocycles. The van der Waals surface area contributed by atoms with E-state index in [2.05, 4.69) is 0 Å². The van der Waals surface area contributed by atoms with Crippen molar-refractivity contribution in [3.8, 4) is 11.6 Å². The Kier molecular flexibility index (Phi) is 3.00. The van der Waals surface area contributed by atoms with Gasteiger partial charge in [-0.05, 0) is 17.9 Å². The summed E-state index contributed by atoms with van der Waals surface area (Å²) in [6, 6.07) is 12.5. The fourth-order valence-electron chi connectivity index (χ4n) is 4.39. The van der Waals surface area contributed by atoms with Crippen molar-refractivity contribution >= 4 is 20.8 Å². The summed E-state index contributed by atoms with van der Waals surface area (Å²) in [4.78, 5) is 13.1. The van der Waals surface area contributed by atoms with Crippen molar-refractivity contribution in [3.63, 3.8) is 0 Å². The molecule has 1 aromatic heterocycles. The Labute approximate surface area is 149 Å². The summed E-state index contributed by atoms with van der Waals surface area (Å²) in [5, 5.41) is 12.7. The fourth-order valence-corrected chi connectivity index (χ4v) is 5.48. The van der Waals surface area contributed by atoms with Crippen LogP contribution in [0.2, 0.25) is 0 Å². The normalized spacial score (nSPS) is 22.2. The molecule has 0 aliphatic carbocycles. The Morgan fingerprint density at radius 1 is 1.12 bits per heavy atom. The highest BCUT2D eigenvalue weighted by atomic mass is 32.2. The number of hydrogen-bond donors (Lipinski definition) is 1. The number of fused-ring (bicyclic) bond motifs is 6. The summed E-state index contributed by atoms with van der Waals surface area (Å²) in [7, 11) is -3.40. The summed E-state index contributed by atoms with van der Waals surface area (Å²) < 4.78 is 28.3. The number of aromatic nitrogens is 2. The van der Waals surface area contributed by atoms with Crippen LogP contribution in [0.1, 0.15) is 24.2 Å². The third kappa shape index (κ3) is 1.91. The maximum Gasteiger partial charge on any atom is 0.336 e. The topological polar surface area (TPSA) is 84.5 Å². The zero-order valence-electron chi connectivity index (χ0n) is 14.0. The van der Waals surface area contributed by atoms with Gasteiger partial charge >= 0.3 is 5.69 Å². The Bertz CT molecular complexity index is 1220. The van der Waals surface area contributed by atoms with E-state index in [1.165, 1.54) is 8.87 Å². The van der Waals surface area contributed by atoms with Crippen LogP contribution >= 0.6 is 0 Å². The van der Waals surface area contributed by atoms with Crippen LogP contribution in [0.3, 0.4) is 0 Å². The molecule has 8 heteroatoms. The average Bonchev–Trinajstić information content (AvgIpc) is 3.26. The molecule has 0 spiro atoms. The van der Waals surface area contributed by atoms with Gasteiger partial charge in [0.25, 0.3) is 0 Å². The second-order valence-electron chi connectivity index (χ2n) is 6.93. The average molecular weight is 371 g/mol. The number of imidazole rings is 1. The maximum absolute atomic E-state index is 13.1. The molecule has 2 aliphatic heterocycles. The molecule has 1 N–H and O–H groups in total. The molecule has 26 heavy (non-hydrogen) atoms. The molecule has 1 saturated heterocycles. The number of nitrogens with zero attached hydrogens (tertiary/aromatic N) is 3. The molecule has 5 rings (SSSR count). The molecule has 1 fully saturated rings. The van der Waals surface area contributed by atoms with Gasteiger partial charge in [-0.15, -0.1) is 0 Å². The molecule has 2 unspecified atom stereocenters. The van der Waals surface area contributed by atoms with Crippen molar-refractivity contribution in [2.45, 2.75) is 18.5 Å². The van der Waals surface area contributed by atoms with Gasteiger partial charge in [-0.2, -0.15) is 4.31 Å². The Morgan fingerprint density at radius 3 is 2.62 bits per heavy atom. The third-order valence-electron chi connectivity index (χ3n) is 5.45. The minimum Gasteiger partial charge on any atom is -0.493 e. The first-order valence-corrected chi connectivity index (χ1v) is 10.2. The molecule has 134 valence electrons. The molecule has 3 heterocycles. The highest BCUT2D eigenvalue weighted by Gasteiger charge is 2.50. The van der Waals surface area contributed by atoms with Crippen molar-refractivity contribution in [2.24, 2.45) is 0 Å². The zero-order valence-corrected chi connectivity index (χ0v) is 14.8. The predicted octanol–water partition coefficient (Wildman–Crippen LogP) is 1.76. The van der Waals surface area contributed by atoms with Crippen LogP contribution in [0.15, 0.2) is 47.3 Å². The van der Waals surface area contributed by atoms with Crippen molar-refractivity contribution in [2.75, 3.05) is 12.8 Å². The van der Waals surface area contributed by atoms with E-state index >= 15 is 0 Å². The van der Waals surface area contributed by atoms with Gasteiger partial charge in [-0.25, -0.2) is 17.8 Å². The van der Waals surface area contributed by atoms with Gasteiger partial charge in [0.05, 0.1) is 24.0 Å². The van der Waals surface area contributed by atoms with Crippen molar-refractivity contribution in [3.05, 3.63) is 58.6 Å². The molecule has 0 amide bonds. The smallest absolute Gasteiger partial charge is 0.336 e. The standard InChI is InChI=1S/C18H17N3O4S/c1-26(24,25)19-10-12-9-15(19)16-17(22)21(18(23)20(12)16)14-8-4-6-11-5-2-3-7-13(11)14/h2-8,12,15,22H,9-10H2,1H3. The van der Waals surface area contributed by atoms with E-state index in [1.54, 1.807) is 10.6 Å². The molecule has 0 saturated carbocycles. The molecular formula is C18H17N3O4S. The summed E-state index contributed by atoms with van der Waals surface area (Å²) in [5.41, 5.74) is 0.664. The van der Waals surface area contributed by atoms with E-state index in [1.807, 2.05) is 36.4 Å². The number of benzene rings is 2. The van der Waals surface area contributed by atoms with E-state index in [-0.39, 0.29) is 24.2 Å². The number of rotatable bonds is 2. The number of hydrogen-bond acceptors (Lipinski definition) is 4. The molecule has 7 nitrogen and oxygen atoms in total. The van der Waals surface area contributed by atoms with Crippen LogP contribution in [-0.4, -0.2) is 39.8 Å². The van der Waals surface area contributed by atoms with Crippen LogP contribution in [-0.2, 0) is 10.0 Å². The lowest BCUT2D eigenvalue weighted by molar-refractivity contribution is 0.344. The Balaban J connectivity index is 1.77. The van der Waals surface area contributed by atoms with Gasteiger partial charge in [-0.3, -0.25) is 4.57 Å². The van der Waals surface area contributed by atoms with Gasteiger partial charge in [0.1, 0.15) is 5.69 Å². The van der Waals surface area contributed by atoms with Crippen LogP contribution in [0, 0.1) is 0 Å². The summed E-state index contributed by atoms with van der Waals surface area (Å²) in [6.45, 7) is 0.273. The number of aromatic hydroxyl groups is 1. The van der Waals surface area contributed by atoms with Gasteiger partial charge in [0.2, 0.25) is 15.9 Å². The highest BCUT2D eigenvalue weighted by Crippen LogP contribution is 2.49. The molecule has 2 aliphatic rings. The number of sulfonamides is 1. The van der Waals surface area contributed by atoms with E-state index in [0.717, 1.165) is 17.0 Å². The predicted molar refractivity (Wildman–Crippen MR) is 97.1 cm³/mol. The molecular weight excluding hydrogens is 354 g/mol. The van der Waals surface area contributed by atoms with Crippen LogP contribution in [0.25, 0.3) is 16.5 Å². The third-order valence-corrected chi connectivity index (χ3v) is 6.70. The lowest BCUT2D eigenvalue weighted by atomic mass is 10.1. The fraction of sp³-hybridized carbons (Fsp3) is 0.278. The van der Waals surface area contributed by atoms with Crippen LogP contribution in [0.4, 0.5) is 0 Å². The summed E-state index contributed by atoms with van der Waals surface area (Å²) in [5.74, 6) is -0.174. The van der Waals surface area contributed by atoms with Gasteiger partial charge in [-0.1, -0.05) is 36.4 Å². The first-order chi connectivity index (χ1) is 12.4. The monoisotopic (exact) mass is 371 g/mol. The SMILES string of the molecule is CS(=O)(=O)N1CC2CC1c1c(O)n(-c3cccc4ccccc34)c(=O)n12. The van der Waals surface area contributed by atoms with Gasteiger partial charge in [0.15, 0.2) is 0 Å². The quantitative estimate of drug-likeness (QED) is 0.744. The van der Waals surface area contributed by atoms with E-state index in [4.69, 9.17) is 0 Å². The van der Waals surface area contributed by atoms with E-state index in [0.29, 0.717) is 17.8 Å². The van der Waals surface area contributed by atoms with Crippen LogP contribution in [0.5, 0.6) is 5.88 Å². The molecule has 2 bridgehead atoms. The van der Waals surface area contributed by atoms with Crippen molar-refractivity contribution < 1.29 is 13.5 Å². The highest BCUT2D eigenvalue weighted by molar-refractivity contribution is 7.88. The Morgan fingerprint density at radius 2 is 1.85 bits per heavy atom. The van der Waals surface area contributed by atoms with Crippen LogP contribution < -0.4 is 5.69 Å². The molecule has 2 atom stereocenters. The molecule has 0 radical (unpaired) electrons. The first kappa shape index (κ1) is 15.7. The minimum absolute atomic E-state index is 0.174. The van der Waals surface area contributed by atoms with Crippen molar-refractivity contribution in [1.82, 2.24) is 13.4 Å². The molecule has 3 aromatic rings. The largest absolute Gasteiger partial charge is 0.493 e. The van der Waals surface area contributed by atoms with E-state index in [9.17, 15) is 18.3 Å². The Hall–Kier alpha value is -2.58. The zero-order chi connectivity index (χ0) is 18.2. The lowest BCUT2D eigenvalue weighted by Crippen LogP contribution is -2.37. The van der Waals surface area contributed by atoms with Crippen molar-refractivity contribution in [1.29, 1.82) is 0 Å². The van der Waals surface area contributed by atoms with E-state index < -0.39 is 16.1 Å². The first-order valence-electron chi connectivity index (χ1n) is 8.39. The second kappa shape index (κ2) is 4.99. The second-order valence-corrected chi connectivity index (χ2v) is 8.87. The van der Waals surface area contributed by atoms with Gasteiger partial charge in [0, 0.05) is 11.9 Å². The minimum atomic E-state index is -3.40. The summed E-state index contributed by atoms with van der Waals surface area (Å²) in [6.07, 6.45) is 1.69. The maximum atomic E-state index is 13.1.